The molecule has 0 unspecified atom stereocenters. The number of hydrogen-bond acceptors (Lipinski definition) is 4. The zero-order valence-corrected chi connectivity index (χ0v) is 20.9. The molecule has 0 aromatic heterocycles. The maximum absolute atomic E-state index is 13.4. The minimum absolute atomic E-state index is 0.106. The van der Waals surface area contributed by atoms with Crippen LogP contribution in [0, 0.1) is 0 Å². The van der Waals surface area contributed by atoms with Gasteiger partial charge in [0.05, 0.1) is 17.8 Å². The Kier molecular flexibility index (Phi) is 7.08. The predicted molar refractivity (Wildman–Crippen MR) is 139 cm³/mol. The minimum Gasteiger partial charge on any atom is -0.352 e. The molecular formula is C28H34N4O3. The average Bonchev–Trinajstić information content (AvgIpc) is 2.92. The molecule has 3 amide bonds. The molecule has 2 aliphatic heterocycles. The first kappa shape index (κ1) is 24.7. The lowest BCUT2D eigenvalue weighted by Gasteiger charge is -2.37. The molecule has 2 aliphatic rings. The highest BCUT2D eigenvalue weighted by Gasteiger charge is 2.40. The Bertz CT molecular complexity index is 1150. The van der Waals surface area contributed by atoms with Crippen LogP contribution >= 0.6 is 0 Å². The van der Waals surface area contributed by atoms with Crippen molar-refractivity contribution < 1.29 is 14.4 Å². The van der Waals surface area contributed by atoms with Crippen LogP contribution in [0.15, 0.2) is 42.5 Å². The molecule has 7 nitrogen and oxygen atoms in total. The van der Waals surface area contributed by atoms with Gasteiger partial charge in [-0.05, 0) is 54.1 Å². The van der Waals surface area contributed by atoms with Gasteiger partial charge >= 0.3 is 0 Å². The van der Waals surface area contributed by atoms with Gasteiger partial charge in [-0.15, -0.1) is 0 Å². The van der Waals surface area contributed by atoms with E-state index in [1.165, 1.54) is 5.56 Å². The fourth-order valence-corrected chi connectivity index (χ4v) is 4.64. The molecule has 2 aromatic carbocycles. The van der Waals surface area contributed by atoms with Gasteiger partial charge in [0.1, 0.15) is 6.04 Å². The van der Waals surface area contributed by atoms with Crippen molar-refractivity contribution in [3.63, 3.8) is 0 Å². The lowest BCUT2D eigenvalue weighted by atomic mass is 9.87. The zero-order chi connectivity index (χ0) is 25.2. The third-order valence-electron chi connectivity index (χ3n) is 6.65. The van der Waals surface area contributed by atoms with Crippen molar-refractivity contribution in [1.82, 2.24) is 15.5 Å². The van der Waals surface area contributed by atoms with Crippen molar-refractivity contribution in [3.8, 4) is 0 Å². The van der Waals surface area contributed by atoms with Gasteiger partial charge in [0.15, 0.2) is 0 Å². The van der Waals surface area contributed by atoms with Crippen LogP contribution in [0.25, 0.3) is 12.2 Å². The second-order valence-electron chi connectivity index (χ2n) is 10.3. The first-order valence-corrected chi connectivity index (χ1v) is 12.1. The Morgan fingerprint density at radius 3 is 2.46 bits per heavy atom. The number of piperidine rings is 1. The second kappa shape index (κ2) is 10.0. The Hall–Kier alpha value is -3.45. The molecule has 0 radical (unpaired) electrons. The van der Waals surface area contributed by atoms with Gasteiger partial charge in [0.25, 0.3) is 5.91 Å². The number of rotatable bonds is 5. The highest BCUT2D eigenvalue weighted by Crippen LogP contribution is 2.30. The van der Waals surface area contributed by atoms with Crippen molar-refractivity contribution in [2.24, 2.45) is 0 Å². The number of nitrogens with one attached hydrogen (secondary N) is 3. The molecule has 2 aromatic rings. The van der Waals surface area contributed by atoms with Gasteiger partial charge in [0, 0.05) is 12.6 Å². The van der Waals surface area contributed by atoms with Crippen molar-refractivity contribution in [3.05, 3.63) is 64.7 Å². The molecule has 0 aliphatic carbocycles. The molecule has 1 saturated heterocycles. The van der Waals surface area contributed by atoms with Gasteiger partial charge in [-0.25, -0.2) is 0 Å². The Morgan fingerprint density at radius 2 is 1.77 bits per heavy atom. The third-order valence-corrected chi connectivity index (χ3v) is 6.65. The van der Waals surface area contributed by atoms with Crippen LogP contribution in [-0.2, 0) is 15.0 Å². The van der Waals surface area contributed by atoms with Gasteiger partial charge in [-0.2, -0.15) is 0 Å². The Balaban J connectivity index is 1.51. The number of anilines is 1. The van der Waals surface area contributed by atoms with E-state index in [4.69, 9.17) is 0 Å². The largest absolute Gasteiger partial charge is 0.352 e. The smallest absolute Gasteiger partial charge is 0.256 e. The van der Waals surface area contributed by atoms with Crippen molar-refractivity contribution >= 4 is 35.6 Å². The maximum Gasteiger partial charge on any atom is 0.256 e. The van der Waals surface area contributed by atoms with Crippen LogP contribution in [0.2, 0.25) is 0 Å². The molecule has 7 heteroatoms. The van der Waals surface area contributed by atoms with E-state index < -0.39 is 6.04 Å². The number of fused-ring (bicyclic) bond motifs is 2. The number of carbonyl (C=O) groups is 3. The van der Waals surface area contributed by atoms with E-state index in [0.717, 1.165) is 11.1 Å². The van der Waals surface area contributed by atoms with Gasteiger partial charge in [-0.3, -0.25) is 14.4 Å². The molecule has 2 atom stereocenters. The van der Waals surface area contributed by atoms with E-state index in [1.807, 2.05) is 24.3 Å². The number of amides is 3. The SMILES string of the molecule is CNCC(=O)N[C@H]1CCN2C(=O)c3cc(C=Cc4ccc(C(C)(C)C)cc4)ccc3NC(=O)[C@@H]2C1. The normalized spacial score (nSPS) is 20.2. The highest BCUT2D eigenvalue weighted by molar-refractivity contribution is 6.10. The first-order chi connectivity index (χ1) is 16.7. The van der Waals surface area contributed by atoms with Crippen LogP contribution in [0.5, 0.6) is 0 Å². The maximum atomic E-state index is 13.4. The fourth-order valence-electron chi connectivity index (χ4n) is 4.64. The summed E-state index contributed by atoms with van der Waals surface area (Å²) in [6.07, 6.45) is 5.02. The monoisotopic (exact) mass is 474 g/mol. The Labute approximate surface area is 207 Å². The number of likely N-dealkylation sites (N-methyl/N-ethyl adjacent to an activating group) is 1. The van der Waals surface area contributed by atoms with Gasteiger partial charge in [-0.1, -0.05) is 63.3 Å². The zero-order valence-electron chi connectivity index (χ0n) is 20.9. The molecule has 184 valence electrons. The van der Waals surface area contributed by atoms with Crippen LogP contribution in [0.3, 0.4) is 0 Å². The lowest BCUT2D eigenvalue weighted by Crippen LogP contribution is -2.55. The molecule has 2 heterocycles. The number of benzene rings is 2. The third kappa shape index (κ3) is 5.62. The standard InChI is InChI=1S/C28H34N4O3/c1-28(2,3)20-10-7-18(8-11-20)5-6-19-9-12-23-22(15-19)27(35)32-14-13-21(30-25(33)17-29-4)16-24(32)26(34)31-23/h5-12,15,21,24,29H,13-14,16-17H2,1-4H3,(H,30,33)(H,31,34)/t21-,24-/m0/s1. The number of hydrogen-bond donors (Lipinski definition) is 3. The topological polar surface area (TPSA) is 90.5 Å². The molecule has 0 spiro atoms. The van der Waals surface area contributed by atoms with Crippen LogP contribution in [0.1, 0.15) is 60.7 Å². The number of carbonyl (C=O) groups excluding carboxylic acids is 3. The highest BCUT2D eigenvalue weighted by atomic mass is 16.2. The molecule has 1 fully saturated rings. The Morgan fingerprint density at radius 1 is 1.09 bits per heavy atom. The lowest BCUT2D eigenvalue weighted by molar-refractivity contribution is -0.124. The molecular weight excluding hydrogens is 440 g/mol. The van der Waals surface area contributed by atoms with E-state index in [0.29, 0.717) is 30.6 Å². The molecule has 3 N–H and O–H groups in total. The van der Waals surface area contributed by atoms with Crippen molar-refractivity contribution in [1.29, 1.82) is 0 Å². The molecule has 0 saturated carbocycles. The summed E-state index contributed by atoms with van der Waals surface area (Å²) >= 11 is 0. The van der Waals surface area contributed by atoms with Crippen LogP contribution in [0.4, 0.5) is 5.69 Å². The first-order valence-electron chi connectivity index (χ1n) is 12.1. The van der Waals surface area contributed by atoms with Gasteiger partial charge in [0.2, 0.25) is 11.8 Å². The van der Waals surface area contributed by atoms with Crippen LogP contribution < -0.4 is 16.0 Å². The molecule has 0 bridgehead atoms. The van der Waals surface area contributed by atoms with Crippen LogP contribution in [-0.4, -0.2) is 54.8 Å². The second-order valence-corrected chi connectivity index (χ2v) is 10.3. The van der Waals surface area contributed by atoms with E-state index in [-0.39, 0.29) is 35.7 Å². The summed E-state index contributed by atoms with van der Waals surface area (Å²) in [7, 11) is 1.71. The van der Waals surface area contributed by atoms with Crippen molar-refractivity contribution in [2.75, 3.05) is 25.5 Å². The summed E-state index contributed by atoms with van der Waals surface area (Å²) in [5.74, 6) is -0.487. The van der Waals surface area contributed by atoms with E-state index >= 15 is 0 Å². The van der Waals surface area contributed by atoms with Gasteiger partial charge < -0.3 is 20.9 Å². The minimum atomic E-state index is -0.608. The van der Waals surface area contributed by atoms with Crippen molar-refractivity contribution in [2.45, 2.75) is 51.1 Å². The summed E-state index contributed by atoms with van der Waals surface area (Å²) in [6, 6.07) is 13.2. The predicted octanol–water partition coefficient (Wildman–Crippen LogP) is 3.42. The number of nitrogens with zero attached hydrogens (tertiary/aromatic N) is 1. The van der Waals surface area contributed by atoms with E-state index in [9.17, 15) is 14.4 Å². The quantitative estimate of drug-likeness (QED) is 0.580. The summed E-state index contributed by atoms with van der Waals surface area (Å²) < 4.78 is 0. The average molecular weight is 475 g/mol. The summed E-state index contributed by atoms with van der Waals surface area (Å²) in [5, 5.41) is 8.70. The fraction of sp³-hybridized carbons (Fsp3) is 0.393. The van der Waals surface area contributed by atoms with E-state index in [2.05, 4.69) is 61.0 Å². The summed E-state index contributed by atoms with van der Waals surface area (Å²) in [5.41, 5.74) is 4.37. The summed E-state index contributed by atoms with van der Waals surface area (Å²) in [6.45, 7) is 7.21. The molecule has 35 heavy (non-hydrogen) atoms. The molecule has 4 rings (SSSR count). The summed E-state index contributed by atoms with van der Waals surface area (Å²) in [4.78, 5) is 40.0. The van der Waals surface area contributed by atoms with E-state index in [1.54, 1.807) is 18.0 Å².